The third kappa shape index (κ3) is 6.93. The summed E-state index contributed by atoms with van der Waals surface area (Å²) in [5, 5.41) is 6.17. The van der Waals surface area contributed by atoms with Crippen molar-refractivity contribution in [1.29, 1.82) is 0 Å². The lowest BCUT2D eigenvalue weighted by molar-refractivity contribution is -0.118. The maximum absolute atomic E-state index is 12.2. The van der Waals surface area contributed by atoms with Crippen molar-refractivity contribution in [1.82, 2.24) is 0 Å². The Balaban J connectivity index is 1.57. The van der Waals surface area contributed by atoms with E-state index in [1.165, 1.54) is 0 Å². The molecule has 1 amide bonds. The molecule has 0 aliphatic carbocycles. The Morgan fingerprint density at radius 2 is 1.61 bits per heavy atom. The number of hydrogen-bond donors (Lipinski definition) is 2. The molecule has 0 spiro atoms. The van der Waals surface area contributed by atoms with Gasteiger partial charge in [-0.05, 0) is 73.2 Å². The molecule has 162 valence electrons. The van der Waals surface area contributed by atoms with Gasteiger partial charge in [0, 0.05) is 22.4 Å². The van der Waals surface area contributed by atoms with Gasteiger partial charge in [-0.3, -0.25) is 4.79 Å². The molecule has 0 saturated carbocycles. The van der Waals surface area contributed by atoms with Gasteiger partial charge in [-0.15, -0.1) is 0 Å². The maximum Gasteiger partial charge on any atom is 0.262 e. The predicted octanol–water partition coefficient (Wildman–Crippen LogP) is 5.49. The Kier molecular flexibility index (Phi) is 8.18. The number of methoxy groups -OCH3 is 1. The van der Waals surface area contributed by atoms with Gasteiger partial charge in [0.15, 0.2) is 18.1 Å². The molecule has 0 fully saturated rings. The van der Waals surface area contributed by atoms with E-state index < -0.39 is 0 Å². The maximum atomic E-state index is 12.2. The third-order valence-electron chi connectivity index (χ3n) is 4.38. The first-order chi connectivity index (χ1) is 15.1. The first kappa shape index (κ1) is 22.5. The first-order valence-corrected chi connectivity index (χ1v) is 10.7. The summed E-state index contributed by atoms with van der Waals surface area (Å²) in [6.45, 7) is 2.92. The second-order valence-electron chi connectivity index (χ2n) is 6.64. The average molecular weight is 485 g/mol. The second-order valence-corrected chi connectivity index (χ2v) is 7.56. The van der Waals surface area contributed by atoms with E-state index in [1.807, 2.05) is 49.4 Å². The number of halogens is 1. The molecule has 0 saturated heterocycles. The molecule has 0 unspecified atom stereocenters. The van der Waals surface area contributed by atoms with Gasteiger partial charge in [0.1, 0.15) is 5.75 Å². The number of rotatable bonds is 10. The molecule has 3 rings (SSSR count). The van der Waals surface area contributed by atoms with Crippen molar-refractivity contribution in [3.63, 3.8) is 0 Å². The highest BCUT2D eigenvalue weighted by Crippen LogP contribution is 2.29. The quantitative estimate of drug-likeness (QED) is 0.398. The smallest absolute Gasteiger partial charge is 0.262 e. The monoisotopic (exact) mass is 484 g/mol. The lowest BCUT2D eigenvalue weighted by Gasteiger charge is -2.14. The van der Waals surface area contributed by atoms with E-state index >= 15 is 0 Å². The van der Waals surface area contributed by atoms with Crippen molar-refractivity contribution in [2.45, 2.75) is 13.5 Å². The van der Waals surface area contributed by atoms with Crippen LogP contribution in [0.5, 0.6) is 17.2 Å². The Labute approximate surface area is 190 Å². The fourth-order valence-corrected chi connectivity index (χ4v) is 3.10. The van der Waals surface area contributed by atoms with Gasteiger partial charge in [-0.2, -0.15) is 0 Å². The minimum atomic E-state index is -0.256. The molecule has 0 aliphatic rings. The number of benzene rings is 3. The lowest BCUT2D eigenvalue weighted by atomic mass is 10.2. The molecule has 0 bridgehead atoms. The summed E-state index contributed by atoms with van der Waals surface area (Å²) in [6.07, 6.45) is 0. The molecule has 6 nitrogen and oxygen atoms in total. The molecular formula is C24H25BrN2O4. The van der Waals surface area contributed by atoms with Crippen LogP contribution in [-0.4, -0.2) is 26.2 Å². The van der Waals surface area contributed by atoms with E-state index in [-0.39, 0.29) is 12.5 Å². The highest BCUT2D eigenvalue weighted by Gasteiger charge is 2.10. The van der Waals surface area contributed by atoms with E-state index in [4.69, 9.17) is 14.2 Å². The fourth-order valence-electron chi connectivity index (χ4n) is 2.84. The zero-order valence-corrected chi connectivity index (χ0v) is 19.1. The van der Waals surface area contributed by atoms with Gasteiger partial charge in [-0.1, -0.05) is 22.0 Å². The van der Waals surface area contributed by atoms with Gasteiger partial charge < -0.3 is 24.8 Å². The van der Waals surface area contributed by atoms with Crippen molar-refractivity contribution in [2.75, 3.05) is 31.0 Å². The average Bonchev–Trinajstić information content (AvgIpc) is 2.79. The van der Waals surface area contributed by atoms with Crippen LogP contribution in [0.3, 0.4) is 0 Å². The van der Waals surface area contributed by atoms with Crippen LogP contribution in [0.15, 0.2) is 71.2 Å². The number of nitrogens with one attached hydrogen (secondary N) is 2. The first-order valence-electron chi connectivity index (χ1n) is 9.89. The summed E-state index contributed by atoms with van der Waals surface area (Å²) >= 11 is 3.43. The van der Waals surface area contributed by atoms with Gasteiger partial charge in [0.25, 0.3) is 5.91 Å². The summed E-state index contributed by atoms with van der Waals surface area (Å²) in [4.78, 5) is 12.2. The zero-order valence-electron chi connectivity index (χ0n) is 17.5. The van der Waals surface area contributed by atoms with Crippen molar-refractivity contribution in [2.24, 2.45) is 0 Å². The standard InChI is InChI=1S/C24H25BrN2O4/c1-3-30-23-14-17(15-26-19-7-5-18(25)6-8-19)4-13-22(23)31-16-24(28)27-20-9-11-21(29-2)12-10-20/h4-14,26H,3,15-16H2,1-2H3,(H,27,28). The number of ether oxygens (including phenoxy) is 3. The minimum absolute atomic E-state index is 0.122. The summed E-state index contributed by atoms with van der Waals surface area (Å²) in [5.41, 5.74) is 2.74. The molecule has 0 aromatic heterocycles. The Bertz CT molecular complexity index is 991. The molecule has 0 radical (unpaired) electrons. The number of carbonyl (C=O) groups excluding carboxylic acids is 1. The normalized spacial score (nSPS) is 10.3. The molecule has 0 aliphatic heterocycles. The van der Waals surface area contributed by atoms with Gasteiger partial charge >= 0.3 is 0 Å². The second kappa shape index (κ2) is 11.3. The number of hydrogen-bond acceptors (Lipinski definition) is 5. The Hall–Kier alpha value is -3.19. The number of amides is 1. The third-order valence-corrected chi connectivity index (χ3v) is 4.91. The topological polar surface area (TPSA) is 68.8 Å². The van der Waals surface area contributed by atoms with E-state index in [0.29, 0.717) is 30.3 Å². The molecule has 7 heteroatoms. The number of carbonyl (C=O) groups is 1. The van der Waals surface area contributed by atoms with Crippen LogP contribution < -0.4 is 24.8 Å². The summed E-state index contributed by atoms with van der Waals surface area (Å²) in [5.74, 6) is 1.60. The zero-order chi connectivity index (χ0) is 22.1. The van der Waals surface area contributed by atoms with Crippen LogP contribution >= 0.6 is 15.9 Å². The van der Waals surface area contributed by atoms with E-state index in [1.54, 1.807) is 31.4 Å². The highest BCUT2D eigenvalue weighted by atomic mass is 79.9. The molecular weight excluding hydrogens is 460 g/mol. The minimum Gasteiger partial charge on any atom is -0.497 e. The van der Waals surface area contributed by atoms with Crippen LogP contribution in [0.2, 0.25) is 0 Å². The van der Waals surface area contributed by atoms with E-state index in [9.17, 15) is 4.79 Å². The number of anilines is 2. The Morgan fingerprint density at radius 3 is 2.29 bits per heavy atom. The van der Waals surface area contributed by atoms with E-state index in [0.717, 1.165) is 21.5 Å². The molecule has 3 aromatic rings. The van der Waals surface area contributed by atoms with Crippen LogP contribution in [0, 0.1) is 0 Å². The van der Waals surface area contributed by atoms with Crippen LogP contribution in [0.1, 0.15) is 12.5 Å². The highest BCUT2D eigenvalue weighted by molar-refractivity contribution is 9.10. The van der Waals surface area contributed by atoms with Crippen molar-refractivity contribution < 1.29 is 19.0 Å². The van der Waals surface area contributed by atoms with Crippen molar-refractivity contribution in [3.8, 4) is 17.2 Å². The van der Waals surface area contributed by atoms with Crippen LogP contribution in [-0.2, 0) is 11.3 Å². The molecule has 0 atom stereocenters. The summed E-state index contributed by atoms with van der Waals surface area (Å²) in [6, 6.07) is 20.8. The summed E-state index contributed by atoms with van der Waals surface area (Å²) in [7, 11) is 1.60. The van der Waals surface area contributed by atoms with Crippen LogP contribution in [0.4, 0.5) is 11.4 Å². The van der Waals surface area contributed by atoms with Gasteiger partial charge in [0.05, 0.1) is 13.7 Å². The summed E-state index contributed by atoms with van der Waals surface area (Å²) < 4.78 is 17.6. The van der Waals surface area contributed by atoms with E-state index in [2.05, 4.69) is 26.6 Å². The van der Waals surface area contributed by atoms with Gasteiger partial charge in [0.2, 0.25) is 0 Å². The van der Waals surface area contributed by atoms with Crippen LogP contribution in [0.25, 0.3) is 0 Å². The largest absolute Gasteiger partial charge is 0.497 e. The molecule has 31 heavy (non-hydrogen) atoms. The SMILES string of the molecule is CCOc1cc(CNc2ccc(Br)cc2)ccc1OCC(=O)Nc1ccc(OC)cc1. The van der Waals surface area contributed by atoms with Crippen molar-refractivity contribution in [3.05, 3.63) is 76.8 Å². The lowest BCUT2D eigenvalue weighted by Crippen LogP contribution is -2.20. The molecule has 2 N–H and O–H groups in total. The fraction of sp³-hybridized carbons (Fsp3) is 0.208. The van der Waals surface area contributed by atoms with Gasteiger partial charge in [-0.25, -0.2) is 0 Å². The predicted molar refractivity (Wildman–Crippen MR) is 126 cm³/mol. The molecule has 3 aromatic carbocycles. The van der Waals surface area contributed by atoms with Crippen molar-refractivity contribution >= 4 is 33.2 Å². The Morgan fingerprint density at radius 1 is 0.903 bits per heavy atom. The molecule has 0 heterocycles.